The number of urea groups is 1. The maximum Gasteiger partial charge on any atom is 0.312 e. The van der Waals surface area contributed by atoms with E-state index in [0.717, 1.165) is 19.3 Å². The summed E-state index contributed by atoms with van der Waals surface area (Å²) in [5.74, 6) is -0.615. The van der Waals surface area contributed by atoms with Crippen molar-refractivity contribution in [3.8, 4) is 0 Å². The Bertz CT molecular complexity index is 236. The van der Waals surface area contributed by atoms with Gasteiger partial charge >= 0.3 is 6.03 Å². The number of hydrogen-bond donors (Lipinski definition) is 4. The van der Waals surface area contributed by atoms with Gasteiger partial charge in [0, 0.05) is 12.1 Å². The Balaban J connectivity index is 2.20. The molecular formula is C7H13BN4O2. The summed E-state index contributed by atoms with van der Waals surface area (Å²) in [5.41, 5.74) is 10.1. The van der Waals surface area contributed by atoms with Gasteiger partial charge in [0.2, 0.25) is 7.85 Å². The van der Waals surface area contributed by atoms with Crippen LogP contribution in [-0.4, -0.2) is 31.8 Å². The van der Waals surface area contributed by atoms with Crippen LogP contribution in [0.3, 0.4) is 0 Å². The number of carbonyl (C=O) groups is 2. The van der Waals surface area contributed by atoms with Gasteiger partial charge < -0.3 is 16.5 Å². The molecule has 6 nitrogen and oxygen atoms in total. The molecule has 3 amide bonds. The van der Waals surface area contributed by atoms with Gasteiger partial charge in [-0.05, 0) is 19.3 Å². The number of rotatable bonds is 3. The summed E-state index contributed by atoms with van der Waals surface area (Å²) in [6, 6.07) is -0.294. The molecule has 1 aliphatic carbocycles. The van der Waals surface area contributed by atoms with E-state index >= 15 is 0 Å². The molecule has 0 spiro atoms. The lowest BCUT2D eigenvalue weighted by molar-refractivity contribution is 0.244. The van der Waals surface area contributed by atoms with Crippen molar-refractivity contribution in [2.75, 3.05) is 0 Å². The van der Waals surface area contributed by atoms with Crippen LogP contribution >= 0.6 is 0 Å². The molecule has 7 heteroatoms. The van der Waals surface area contributed by atoms with Crippen LogP contribution in [0.1, 0.15) is 19.3 Å². The first-order valence-corrected chi connectivity index (χ1v) is 4.45. The third kappa shape index (κ3) is 3.65. The molecule has 0 bridgehead atoms. The molecule has 2 atom stereocenters. The second-order valence-corrected chi connectivity index (χ2v) is 3.35. The Morgan fingerprint density at radius 1 is 1.29 bits per heavy atom. The van der Waals surface area contributed by atoms with Crippen molar-refractivity contribution in [3.05, 3.63) is 0 Å². The summed E-state index contributed by atoms with van der Waals surface area (Å²) in [5, 5.41) is 2.61. The predicted molar refractivity (Wildman–Crippen MR) is 51.6 cm³/mol. The molecule has 2 radical (unpaired) electrons. The first kappa shape index (κ1) is 10.8. The SMILES string of the molecule is [B]C(=O)NN[C@@H]1CC[C@H](NC(N)=O)C1. The number of hydrogen-bond acceptors (Lipinski definition) is 3. The van der Waals surface area contributed by atoms with Gasteiger partial charge in [0.25, 0.3) is 0 Å². The normalized spacial score (nSPS) is 25.7. The van der Waals surface area contributed by atoms with Gasteiger partial charge in [0.1, 0.15) is 0 Å². The van der Waals surface area contributed by atoms with Crippen LogP contribution in [0.25, 0.3) is 0 Å². The Labute approximate surface area is 83.4 Å². The molecule has 0 saturated heterocycles. The highest BCUT2D eigenvalue weighted by Crippen LogP contribution is 2.18. The number of hydrazine groups is 1. The minimum atomic E-state index is -0.615. The fourth-order valence-electron chi connectivity index (χ4n) is 1.62. The molecule has 0 aromatic carbocycles. The number of nitrogens with one attached hydrogen (secondary N) is 3. The van der Waals surface area contributed by atoms with Gasteiger partial charge in [-0.1, -0.05) is 0 Å². The third-order valence-electron chi connectivity index (χ3n) is 2.18. The number of carbonyl (C=O) groups excluding carboxylic acids is 2. The monoisotopic (exact) mass is 196 g/mol. The molecular weight excluding hydrogens is 183 g/mol. The average molecular weight is 196 g/mol. The molecule has 76 valence electrons. The maximum absolute atomic E-state index is 10.5. The summed E-state index contributed by atoms with van der Waals surface area (Å²) in [6.07, 6.45) is 2.45. The maximum atomic E-state index is 10.5. The molecule has 1 fully saturated rings. The molecule has 5 N–H and O–H groups in total. The smallest absolute Gasteiger partial charge is 0.312 e. The second kappa shape index (κ2) is 4.85. The van der Waals surface area contributed by atoms with Crippen LogP contribution in [0.5, 0.6) is 0 Å². The zero-order chi connectivity index (χ0) is 10.6. The molecule has 0 unspecified atom stereocenters. The van der Waals surface area contributed by atoms with E-state index in [2.05, 4.69) is 16.2 Å². The van der Waals surface area contributed by atoms with E-state index in [1.165, 1.54) is 0 Å². The average Bonchev–Trinajstić information content (AvgIpc) is 2.47. The van der Waals surface area contributed by atoms with Gasteiger partial charge in [-0.25, -0.2) is 10.2 Å². The minimum Gasteiger partial charge on any atom is -0.352 e. The summed E-state index contributed by atoms with van der Waals surface area (Å²) in [4.78, 5) is 20.9. The van der Waals surface area contributed by atoms with Gasteiger partial charge in [-0.15, -0.1) is 0 Å². The van der Waals surface area contributed by atoms with Crippen molar-refractivity contribution in [2.24, 2.45) is 5.73 Å². The van der Waals surface area contributed by atoms with E-state index in [1.54, 1.807) is 0 Å². The standard InChI is InChI=1S/C7H13BN4O2/c8-6(13)12-11-5-2-1-4(3-5)10-7(9)14/h4-5,11H,1-3H2,(H,12,13)(H3,9,10,14)/t4-,5+/m0/s1. The molecule has 0 aliphatic heterocycles. The van der Waals surface area contributed by atoms with E-state index in [1.807, 2.05) is 0 Å². The first-order chi connectivity index (χ1) is 6.58. The van der Waals surface area contributed by atoms with Crippen LogP contribution in [0.15, 0.2) is 0 Å². The Kier molecular flexibility index (Phi) is 3.76. The van der Waals surface area contributed by atoms with Crippen LogP contribution < -0.4 is 21.9 Å². The van der Waals surface area contributed by atoms with Gasteiger partial charge in [-0.3, -0.25) is 4.79 Å². The molecule has 14 heavy (non-hydrogen) atoms. The lowest BCUT2D eigenvalue weighted by Crippen LogP contribution is -2.44. The zero-order valence-electron chi connectivity index (χ0n) is 7.75. The van der Waals surface area contributed by atoms with Crippen LogP contribution in [0.4, 0.5) is 9.59 Å². The number of primary amides is 1. The zero-order valence-corrected chi connectivity index (χ0v) is 7.75. The molecule has 1 aliphatic rings. The first-order valence-electron chi connectivity index (χ1n) is 4.45. The van der Waals surface area contributed by atoms with E-state index in [0.29, 0.717) is 0 Å². The van der Waals surface area contributed by atoms with Crippen LogP contribution in [0.2, 0.25) is 0 Å². The largest absolute Gasteiger partial charge is 0.352 e. The lowest BCUT2D eigenvalue weighted by Gasteiger charge is -2.13. The van der Waals surface area contributed by atoms with Gasteiger partial charge in [-0.2, -0.15) is 0 Å². The van der Waals surface area contributed by atoms with E-state index in [-0.39, 0.29) is 12.1 Å². The number of nitrogens with two attached hydrogens (primary N) is 1. The van der Waals surface area contributed by atoms with Gasteiger partial charge in [0.15, 0.2) is 5.81 Å². The fraction of sp³-hybridized carbons (Fsp3) is 0.714. The highest BCUT2D eigenvalue weighted by atomic mass is 16.2. The summed E-state index contributed by atoms with van der Waals surface area (Å²) < 4.78 is 0. The highest BCUT2D eigenvalue weighted by molar-refractivity contribution is 6.56. The van der Waals surface area contributed by atoms with E-state index in [4.69, 9.17) is 13.6 Å². The van der Waals surface area contributed by atoms with Crippen LogP contribution in [-0.2, 0) is 0 Å². The minimum absolute atomic E-state index is 0.0830. The Morgan fingerprint density at radius 2 is 1.93 bits per heavy atom. The van der Waals surface area contributed by atoms with E-state index < -0.39 is 11.8 Å². The quantitative estimate of drug-likeness (QED) is 0.342. The molecule has 1 saturated carbocycles. The predicted octanol–water partition coefficient (Wildman–Crippen LogP) is -1.04. The van der Waals surface area contributed by atoms with Crippen molar-refractivity contribution in [1.82, 2.24) is 16.2 Å². The van der Waals surface area contributed by atoms with Crippen molar-refractivity contribution in [1.29, 1.82) is 0 Å². The van der Waals surface area contributed by atoms with Crippen molar-refractivity contribution in [2.45, 2.75) is 31.3 Å². The Morgan fingerprint density at radius 3 is 2.50 bits per heavy atom. The summed E-state index contributed by atoms with van der Waals surface area (Å²) in [7, 11) is 4.88. The summed E-state index contributed by atoms with van der Waals surface area (Å²) >= 11 is 0. The molecule has 0 aromatic heterocycles. The van der Waals surface area contributed by atoms with Crippen molar-refractivity contribution < 1.29 is 9.59 Å². The highest BCUT2D eigenvalue weighted by Gasteiger charge is 2.24. The summed E-state index contributed by atoms with van der Waals surface area (Å²) in [6.45, 7) is 0. The number of amides is 3. The van der Waals surface area contributed by atoms with Gasteiger partial charge in [0.05, 0.1) is 0 Å². The third-order valence-corrected chi connectivity index (χ3v) is 2.18. The molecule has 0 aromatic rings. The molecule has 1 rings (SSSR count). The van der Waals surface area contributed by atoms with Crippen LogP contribution in [0, 0.1) is 0 Å². The fourth-order valence-corrected chi connectivity index (χ4v) is 1.62. The van der Waals surface area contributed by atoms with Crippen molar-refractivity contribution in [3.63, 3.8) is 0 Å². The second-order valence-electron chi connectivity index (χ2n) is 3.35. The topological polar surface area (TPSA) is 96.2 Å². The van der Waals surface area contributed by atoms with Crippen molar-refractivity contribution >= 4 is 19.7 Å². The Hall–Kier alpha value is -1.24. The molecule has 0 heterocycles. The lowest BCUT2D eigenvalue weighted by atomic mass is 10.1. The van der Waals surface area contributed by atoms with E-state index in [9.17, 15) is 9.59 Å².